The van der Waals surface area contributed by atoms with E-state index in [2.05, 4.69) is 0 Å². The number of hydrogen-bond donors (Lipinski definition) is 0. The minimum absolute atomic E-state index is 0. The molecule has 0 heterocycles. The van der Waals surface area contributed by atoms with Crippen molar-refractivity contribution < 1.29 is 62.0 Å². The van der Waals surface area contributed by atoms with Gasteiger partial charge in [0.05, 0.1) is 0 Å². The van der Waals surface area contributed by atoms with Crippen molar-refractivity contribution in [3.8, 4) is 0 Å². The molecule has 7 rings (SSSR count). The van der Waals surface area contributed by atoms with Crippen molar-refractivity contribution in [3.05, 3.63) is 0 Å². The van der Waals surface area contributed by atoms with E-state index in [0.29, 0.717) is 0 Å². The van der Waals surface area contributed by atoms with Crippen molar-refractivity contribution in [2.45, 2.75) is 38.5 Å². The van der Waals surface area contributed by atoms with Gasteiger partial charge in [-0.1, -0.05) is 0 Å². The molecule has 7 saturated carbocycles. The van der Waals surface area contributed by atoms with Crippen molar-refractivity contribution >= 4 is 0 Å². The summed E-state index contributed by atoms with van der Waals surface area (Å²) < 4.78 is 0. The maximum Gasteiger partial charge on any atom is 1.00 e. The third kappa shape index (κ3) is 1.44. The molecule has 7 aliphatic carbocycles. The van der Waals surface area contributed by atoms with Crippen LogP contribution >= 0.6 is 0 Å². The molecule has 0 aromatic carbocycles. The molecule has 0 aromatic heterocycles. The SMILES string of the molecule is C1C2CC3C4CC5CC(C14)C(C2)C3C5.[H-].[H-].[Na+].[Na+]. The zero-order chi connectivity index (χ0) is 8.86. The Kier molecular flexibility index (Phi) is 3.45. The van der Waals surface area contributed by atoms with Crippen LogP contribution in [0.5, 0.6) is 0 Å². The molecule has 0 aromatic rings. The second kappa shape index (κ2) is 4.25. The van der Waals surface area contributed by atoms with E-state index in [4.69, 9.17) is 0 Å². The summed E-state index contributed by atoms with van der Waals surface area (Å²) in [7, 11) is 0. The predicted molar refractivity (Wildman–Crippen MR) is 57.8 cm³/mol. The molecule has 0 unspecified atom stereocenters. The van der Waals surface area contributed by atoms with Crippen LogP contribution in [0.1, 0.15) is 41.4 Å². The second-order valence-electron chi connectivity index (χ2n) is 7.13. The Hall–Kier alpha value is 2.00. The molecule has 0 spiro atoms. The first-order valence-electron chi connectivity index (χ1n) is 6.90. The third-order valence-electron chi connectivity index (χ3n) is 6.93. The summed E-state index contributed by atoms with van der Waals surface area (Å²) in [6.45, 7) is 0. The molecule has 7 fully saturated rings. The normalized spacial score (nSPS) is 63.0. The van der Waals surface area contributed by atoms with E-state index >= 15 is 0 Å². The Morgan fingerprint density at radius 1 is 0.438 bits per heavy atom. The van der Waals surface area contributed by atoms with Gasteiger partial charge in [-0.3, -0.25) is 0 Å². The molecule has 0 saturated heterocycles. The van der Waals surface area contributed by atoms with Gasteiger partial charge in [0, 0.05) is 0 Å². The summed E-state index contributed by atoms with van der Waals surface area (Å²) in [5, 5.41) is 0. The summed E-state index contributed by atoms with van der Waals surface area (Å²) in [6.07, 6.45) is 9.93. The van der Waals surface area contributed by atoms with Gasteiger partial charge < -0.3 is 2.85 Å². The van der Waals surface area contributed by atoms with Gasteiger partial charge in [-0.25, -0.2) is 0 Å². The van der Waals surface area contributed by atoms with Gasteiger partial charge in [0.2, 0.25) is 0 Å². The van der Waals surface area contributed by atoms with E-state index in [-0.39, 0.29) is 62.0 Å². The van der Waals surface area contributed by atoms with Crippen molar-refractivity contribution in [1.82, 2.24) is 0 Å². The van der Waals surface area contributed by atoms with Crippen molar-refractivity contribution in [2.24, 2.45) is 47.3 Å². The second-order valence-corrected chi connectivity index (χ2v) is 7.13. The molecule has 0 nitrogen and oxygen atoms in total. The fourth-order valence-electron chi connectivity index (χ4n) is 6.89. The minimum Gasteiger partial charge on any atom is -1.00 e. The van der Waals surface area contributed by atoms with Crippen molar-refractivity contribution in [2.75, 3.05) is 0 Å². The number of hydrogen-bond acceptors (Lipinski definition) is 0. The van der Waals surface area contributed by atoms with E-state index in [9.17, 15) is 0 Å². The Morgan fingerprint density at radius 3 is 0.812 bits per heavy atom. The van der Waals surface area contributed by atoms with E-state index < -0.39 is 0 Å². The largest absolute Gasteiger partial charge is 1.00 e. The fourth-order valence-corrected chi connectivity index (χ4v) is 6.89. The Balaban J connectivity index is 0.000000405. The van der Waals surface area contributed by atoms with Crippen LogP contribution in [0.25, 0.3) is 0 Å². The minimum atomic E-state index is 0. The molecule has 0 radical (unpaired) electrons. The molecule has 0 amide bonds. The maximum atomic E-state index is 1.65. The summed E-state index contributed by atoms with van der Waals surface area (Å²) >= 11 is 0. The fraction of sp³-hybridized carbons (Fsp3) is 1.00. The van der Waals surface area contributed by atoms with Gasteiger partial charge in [-0.2, -0.15) is 0 Å². The summed E-state index contributed by atoms with van der Waals surface area (Å²) in [6, 6.07) is 0. The van der Waals surface area contributed by atoms with Crippen LogP contribution in [0.15, 0.2) is 0 Å². The first kappa shape index (κ1) is 13.0. The van der Waals surface area contributed by atoms with Crippen LogP contribution in [0.4, 0.5) is 0 Å². The first-order chi connectivity index (χ1) is 6.90. The Bertz CT molecular complexity index is 223. The molecule has 7 aliphatic rings. The molecule has 0 atom stereocenters. The molecular formula is C14H22Na2. The quantitative estimate of drug-likeness (QED) is 0.410. The molecule has 2 heteroatoms. The summed E-state index contributed by atoms with van der Waals surface area (Å²) in [4.78, 5) is 0. The Labute approximate surface area is 146 Å². The van der Waals surface area contributed by atoms with Crippen LogP contribution in [0.3, 0.4) is 0 Å². The van der Waals surface area contributed by atoms with Gasteiger partial charge in [-0.15, -0.1) is 0 Å². The van der Waals surface area contributed by atoms with Gasteiger partial charge >= 0.3 is 59.1 Å². The third-order valence-corrected chi connectivity index (χ3v) is 6.93. The molecule has 16 heavy (non-hydrogen) atoms. The standard InChI is InChI=1S/C14H20.2Na.2H/c1-7-2-12-10-4-8-5-11(9(1)10)13(3-7)14(12)6-8;;;;/h7-14H,1-6H2;;;;/q;2*+1;2*-1. The molecule has 0 aliphatic heterocycles. The van der Waals surface area contributed by atoms with E-state index in [0.717, 1.165) is 0 Å². The van der Waals surface area contributed by atoms with Crippen LogP contribution in [-0.2, 0) is 0 Å². The van der Waals surface area contributed by atoms with Crippen molar-refractivity contribution in [3.63, 3.8) is 0 Å². The molecule has 80 valence electrons. The topological polar surface area (TPSA) is 0 Å². The van der Waals surface area contributed by atoms with Crippen LogP contribution in [0.2, 0.25) is 0 Å². The predicted octanol–water partition coefficient (Wildman–Crippen LogP) is -2.44. The zero-order valence-electron chi connectivity index (χ0n) is 12.9. The average molecular weight is 236 g/mol. The van der Waals surface area contributed by atoms with Gasteiger partial charge in [0.25, 0.3) is 0 Å². The van der Waals surface area contributed by atoms with Crippen LogP contribution in [-0.4, -0.2) is 0 Å². The first-order valence-corrected chi connectivity index (χ1v) is 6.90. The monoisotopic (exact) mass is 236 g/mol. The van der Waals surface area contributed by atoms with Crippen LogP contribution in [0, 0.1) is 47.3 Å². The Morgan fingerprint density at radius 2 is 0.625 bits per heavy atom. The van der Waals surface area contributed by atoms with E-state index in [1.165, 1.54) is 47.3 Å². The smallest absolute Gasteiger partial charge is 1.00 e. The van der Waals surface area contributed by atoms with Gasteiger partial charge in [-0.05, 0) is 85.9 Å². The van der Waals surface area contributed by atoms with Crippen LogP contribution < -0.4 is 59.1 Å². The molecule has 0 N–H and O–H groups in total. The maximum absolute atomic E-state index is 1.65. The number of rotatable bonds is 0. The van der Waals surface area contributed by atoms with Gasteiger partial charge in [0.15, 0.2) is 0 Å². The van der Waals surface area contributed by atoms with Crippen molar-refractivity contribution in [1.29, 1.82) is 0 Å². The summed E-state index contributed by atoms with van der Waals surface area (Å²) in [5.74, 6) is 9.74. The molecule has 8 bridgehead atoms. The van der Waals surface area contributed by atoms with Gasteiger partial charge in [0.1, 0.15) is 0 Å². The molecular weight excluding hydrogens is 214 g/mol. The average Bonchev–Trinajstić information content (AvgIpc) is 2.24. The van der Waals surface area contributed by atoms with E-state index in [1.54, 1.807) is 38.5 Å². The van der Waals surface area contributed by atoms with E-state index in [1.807, 2.05) is 0 Å². The zero-order valence-corrected chi connectivity index (χ0v) is 14.9. The summed E-state index contributed by atoms with van der Waals surface area (Å²) in [5.41, 5.74) is 0.